The number of benzene rings is 1. The van der Waals surface area contributed by atoms with E-state index >= 15 is 0 Å². The SMILES string of the molecule is CS(=O)(=O)CCN1CCC(Nc2c(C#N)cnc3ccc(OC(F)F)cc23)CC1. The van der Waals surface area contributed by atoms with Crippen LogP contribution in [-0.4, -0.2) is 62.6 Å². The normalized spacial score (nSPS) is 16.1. The number of anilines is 1. The van der Waals surface area contributed by atoms with Crippen LogP contribution in [0.5, 0.6) is 5.75 Å². The zero-order chi connectivity index (χ0) is 21.0. The highest BCUT2D eigenvalue weighted by Crippen LogP contribution is 2.31. The van der Waals surface area contributed by atoms with Crippen molar-refractivity contribution in [3.05, 3.63) is 30.0 Å². The largest absolute Gasteiger partial charge is 0.435 e. The molecule has 1 aromatic carbocycles. The Morgan fingerprint density at radius 2 is 2.10 bits per heavy atom. The molecular formula is C19H22F2N4O3S. The van der Waals surface area contributed by atoms with E-state index in [1.807, 2.05) is 0 Å². The van der Waals surface area contributed by atoms with Gasteiger partial charge in [0.1, 0.15) is 21.7 Å². The average Bonchev–Trinajstić information content (AvgIpc) is 2.67. The van der Waals surface area contributed by atoms with Crippen molar-refractivity contribution in [1.82, 2.24) is 9.88 Å². The predicted octanol–water partition coefficient (Wildman–Crippen LogP) is 2.63. The Hall–Kier alpha value is -2.51. The van der Waals surface area contributed by atoms with Gasteiger partial charge >= 0.3 is 6.61 Å². The number of sulfone groups is 1. The van der Waals surface area contributed by atoms with Crippen molar-refractivity contribution in [2.24, 2.45) is 0 Å². The van der Waals surface area contributed by atoms with Gasteiger partial charge in [-0.2, -0.15) is 14.0 Å². The number of aromatic nitrogens is 1. The number of hydrogen-bond donors (Lipinski definition) is 1. The molecule has 29 heavy (non-hydrogen) atoms. The first-order valence-corrected chi connectivity index (χ1v) is 11.3. The lowest BCUT2D eigenvalue weighted by Gasteiger charge is -2.33. The minimum Gasteiger partial charge on any atom is -0.435 e. The lowest BCUT2D eigenvalue weighted by molar-refractivity contribution is -0.0497. The summed E-state index contributed by atoms with van der Waals surface area (Å²) in [4.78, 5) is 6.32. The first-order valence-electron chi connectivity index (χ1n) is 9.19. The maximum atomic E-state index is 12.6. The number of halogens is 2. The second-order valence-corrected chi connectivity index (χ2v) is 9.37. The van der Waals surface area contributed by atoms with Crippen LogP contribution in [0.4, 0.5) is 14.5 Å². The van der Waals surface area contributed by atoms with E-state index in [1.165, 1.54) is 24.6 Å². The molecule has 0 bridgehead atoms. The molecule has 0 unspecified atom stereocenters. The molecule has 2 aromatic rings. The number of nitriles is 1. The van der Waals surface area contributed by atoms with Gasteiger partial charge in [0.15, 0.2) is 0 Å². The Bertz CT molecular complexity index is 1020. The van der Waals surface area contributed by atoms with Crippen LogP contribution >= 0.6 is 0 Å². The van der Waals surface area contributed by atoms with Crippen molar-refractivity contribution in [1.29, 1.82) is 5.26 Å². The van der Waals surface area contributed by atoms with Gasteiger partial charge in [-0.25, -0.2) is 8.42 Å². The van der Waals surface area contributed by atoms with Gasteiger partial charge in [-0.15, -0.1) is 0 Å². The van der Waals surface area contributed by atoms with E-state index in [0.717, 1.165) is 25.9 Å². The number of rotatable bonds is 7. The molecule has 156 valence electrons. The van der Waals surface area contributed by atoms with Gasteiger partial charge in [-0.1, -0.05) is 0 Å². The Labute approximate surface area is 168 Å². The van der Waals surface area contributed by atoms with Crippen molar-refractivity contribution in [2.75, 3.05) is 37.0 Å². The fourth-order valence-corrected chi connectivity index (χ4v) is 3.98. The minimum absolute atomic E-state index is 0.00281. The summed E-state index contributed by atoms with van der Waals surface area (Å²) < 4.78 is 52.3. The highest BCUT2D eigenvalue weighted by atomic mass is 32.2. The van der Waals surface area contributed by atoms with E-state index in [2.05, 4.69) is 26.0 Å². The molecule has 1 fully saturated rings. The Kier molecular flexibility index (Phi) is 6.49. The molecule has 0 amide bonds. The third-order valence-electron chi connectivity index (χ3n) is 4.90. The fourth-order valence-electron chi connectivity index (χ4n) is 3.39. The number of alkyl halides is 2. The molecule has 1 saturated heterocycles. The van der Waals surface area contributed by atoms with E-state index in [9.17, 15) is 22.5 Å². The molecule has 1 aliphatic heterocycles. The highest BCUT2D eigenvalue weighted by molar-refractivity contribution is 7.90. The van der Waals surface area contributed by atoms with Gasteiger partial charge < -0.3 is 15.0 Å². The second-order valence-electron chi connectivity index (χ2n) is 7.11. The van der Waals surface area contributed by atoms with Gasteiger partial charge in [0.2, 0.25) is 0 Å². The maximum Gasteiger partial charge on any atom is 0.387 e. The van der Waals surface area contributed by atoms with Crippen LogP contribution in [0.1, 0.15) is 18.4 Å². The average molecular weight is 424 g/mol. The van der Waals surface area contributed by atoms with Crippen LogP contribution in [-0.2, 0) is 9.84 Å². The van der Waals surface area contributed by atoms with E-state index in [4.69, 9.17) is 0 Å². The molecule has 2 heterocycles. The van der Waals surface area contributed by atoms with Gasteiger partial charge in [0, 0.05) is 43.5 Å². The van der Waals surface area contributed by atoms with Crippen molar-refractivity contribution < 1.29 is 21.9 Å². The van der Waals surface area contributed by atoms with Crippen LogP contribution in [0.25, 0.3) is 10.9 Å². The standard InChI is InChI=1S/C19H22F2N4O3S/c1-29(26,27)9-8-25-6-4-14(5-7-25)24-18-13(11-22)12-23-17-3-2-15(10-16(17)18)28-19(20)21/h2-3,10,12,14,19H,4-9H2,1H3,(H,23,24). The molecule has 0 aliphatic carbocycles. The number of piperidine rings is 1. The van der Waals surface area contributed by atoms with Crippen molar-refractivity contribution in [3.63, 3.8) is 0 Å². The van der Waals surface area contributed by atoms with Crippen LogP contribution in [0, 0.1) is 11.3 Å². The summed E-state index contributed by atoms with van der Waals surface area (Å²) in [6.45, 7) is -0.968. The van der Waals surface area contributed by atoms with Crippen molar-refractivity contribution in [2.45, 2.75) is 25.5 Å². The number of ether oxygens (including phenoxy) is 1. The first kappa shape index (κ1) is 21.2. The fraction of sp³-hybridized carbons (Fsp3) is 0.474. The summed E-state index contributed by atoms with van der Waals surface area (Å²) in [6.07, 6.45) is 4.22. The molecule has 0 saturated carbocycles. The lowest BCUT2D eigenvalue weighted by atomic mass is 10.0. The van der Waals surface area contributed by atoms with Crippen LogP contribution in [0.2, 0.25) is 0 Å². The molecule has 1 aliphatic rings. The smallest absolute Gasteiger partial charge is 0.387 e. The van der Waals surface area contributed by atoms with E-state index in [0.29, 0.717) is 28.7 Å². The number of pyridine rings is 1. The monoisotopic (exact) mass is 424 g/mol. The van der Waals surface area contributed by atoms with Gasteiger partial charge in [0.05, 0.1) is 22.5 Å². The summed E-state index contributed by atoms with van der Waals surface area (Å²) in [6, 6.07) is 6.61. The van der Waals surface area contributed by atoms with E-state index in [-0.39, 0.29) is 17.5 Å². The minimum atomic E-state index is -3.00. The number of likely N-dealkylation sites (tertiary alicyclic amines) is 1. The number of fused-ring (bicyclic) bond motifs is 1. The number of nitrogens with one attached hydrogen (secondary N) is 1. The summed E-state index contributed by atoms with van der Waals surface area (Å²) in [5, 5.41) is 13.4. The molecule has 0 atom stereocenters. The van der Waals surface area contributed by atoms with Crippen LogP contribution < -0.4 is 10.1 Å². The zero-order valence-corrected chi connectivity index (χ0v) is 16.8. The number of hydrogen-bond acceptors (Lipinski definition) is 7. The summed E-state index contributed by atoms with van der Waals surface area (Å²) >= 11 is 0. The Morgan fingerprint density at radius 3 is 2.72 bits per heavy atom. The van der Waals surface area contributed by atoms with Crippen LogP contribution in [0.15, 0.2) is 24.4 Å². The Morgan fingerprint density at radius 1 is 1.38 bits per heavy atom. The third-order valence-corrected chi connectivity index (χ3v) is 5.82. The third kappa shape index (κ3) is 5.74. The molecule has 7 nitrogen and oxygen atoms in total. The molecule has 10 heteroatoms. The molecule has 0 radical (unpaired) electrons. The summed E-state index contributed by atoms with van der Waals surface area (Å²) in [5.41, 5.74) is 1.44. The van der Waals surface area contributed by atoms with E-state index < -0.39 is 16.4 Å². The molecule has 0 spiro atoms. The lowest BCUT2D eigenvalue weighted by Crippen LogP contribution is -2.41. The van der Waals surface area contributed by atoms with Gasteiger partial charge in [-0.3, -0.25) is 4.98 Å². The second kappa shape index (κ2) is 8.88. The summed E-state index contributed by atoms with van der Waals surface area (Å²) in [7, 11) is -3.00. The predicted molar refractivity (Wildman–Crippen MR) is 106 cm³/mol. The zero-order valence-electron chi connectivity index (χ0n) is 15.9. The first-order chi connectivity index (χ1) is 13.7. The molecular weight excluding hydrogens is 402 g/mol. The number of nitrogens with zero attached hydrogens (tertiary/aromatic N) is 3. The highest BCUT2D eigenvalue weighted by Gasteiger charge is 2.22. The quantitative estimate of drug-likeness (QED) is 0.730. The van der Waals surface area contributed by atoms with E-state index in [1.54, 1.807) is 6.07 Å². The van der Waals surface area contributed by atoms with Gasteiger partial charge in [-0.05, 0) is 31.0 Å². The van der Waals surface area contributed by atoms with Crippen molar-refractivity contribution >= 4 is 26.4 Å². The summed E-state index contributed by atoms with van der Waals surface area (Å²) in [5.74, 6) is 0.133. The van der Waals surface area contributed by atoms with Gasteiger partial charge in [0.25, 0.3) is 0 Å². The Balaban J connectivity index is 1.76. The molecule has 3 rings (SSSR count). The molecule has 1 N–H and O–H groups in total. The van der Waals surface area contributed by atoms with Crippen LogP contribution in [0.3, 0.4) is 0 Å². The molecule has 1 aromatic heterocycles. The van der Waals surface area contributed by atoms with Crippen molar-refractivity contribution in [3.8, 4) is 11.8 Å². The topological polar surface area (TPSA) is 95.3 Å². The maximum absolute atomic E-state index is 12.6.